The van der Waals surface area contributed by atoms with Crippen LogP contribution in [0, 0.1) is 0 Å². The van der Waals surface area contributed by atoms with E-state index in [-0.39, 0.29) is 34.3 Å². The van der Waals surface area contributed by atoms with Crippen molar-refractivity contribution in [3.8, 4) is 23.0 Å². The molecule has 0 radical (unpaired) electrons. The van der Waals surface area contributed by atoms with E-state index in [0.29, 0.717) is 35.7 Å². The molecular weight excluding hydrogens is 607 g/mol. The third kappa shape index (κ3) is 6.77. The number of likely N-dealkylation sites (N-methyl/N-ethyl adjacent to an activating group) is 1. The van der Waals surface area contributed by atoms with E-state index in [2.05, 4.69) is 25.2 Å². The first-order chi connectivity index (χ1) is 21.5. The Bertz CT molecular complexity index is 1860. The lowest BCUT2D eigenvalue weighted by Gasteiger charge is -2.33. The zero-order chi connectivity index (χ0) is 31.7. The number of nitrogens with zero attached hydrogens (tertiary/aromatic N) is 6. The third-order valence-electron chi connectivity index (χ3n) is 7.69. The second kappa shape index (κ2) is 12.5. The number of fused-ring (bicyclic) bond motifs is 1. The highest BCUT2D eigenvalue weighted by Gasteiger charge is 2.34. The summed E-state index contributed by atoms with van der Waals surface area (Å²) < 4.78 is 50.3. The zero-order valence-corrected chi connectivity index (χ0v) is 25.2. The van der Waals surface area contributed by atoms with Gasteiger partial charge in [0.15, 0.2) is 5.82 Å². The van der Waals surface area contributed by atoms with Crippen LogP contribution < -0.4 is 10.1 Å². The third-order valence-corrected chi connectivity index (χ3v) is 8.02. The number of hydrogen-bond donors (Lipinski definition) is 1. The van der Waals surface area contributed by atoms with Crippen molar-refractivity contribution in [1.29, 1.82) is 0 Å². The summed E-state index contributed by atoms with van der Waals surface area (Å²) in [5.74, 6) is 0.266. The fourth-order valence-corrected chi connectivity index (χ4v) is 5.36. The van der Waals surface area contributed by atoms with E-state index in [0.717, 1.165) is 24.7 Å². The van der Waals surface area contributed by atoms with Gasteiger partial charge in [-0.2, -0.15) is 18.2 Å². The summed E-state index contributed by atoms with van der Waals surface area (Å²) in [6, 6.07) is 13.7. The number of halogens is 4. The van der Waals surface area contributed by atoms with Crippen LogP contribution in [0.2, 0.25) is 5.02 Å². The van der Waals surface area contributed by atoms with Gasteiger partial charge in [0.1, 0.15) is 11.3 Å². The highest BCUT2D eigenvalue weighted by Crippen LogP contribution is 2.36. The molecule has 232 valence electrons. The van der Waals surface area contributed by atoms with Crippen LogP contribution in [0.4, 0.5) is 18.9 Å². The molecule has 1 N–H and O–H groups in total. The van der Waals surface area contributed by atoms with E-state index in [9.17, 15) is 18.0 Å². The molecule has 9 nitrogen and oxygen atoms in total. The van der Waals surface area contributed by atoms with Crippen molar-refractivity contribution in [2.75, 3.05) is 38.5 Å². The van der Waals surface area contributed by atoms with E-state index < -0.39 is 17.6 Å². The molecule has 0 bridgehead atoms. The van der Waals surface area contributed by atoms with Crippen LogP contribution in [0.15, 0.2) is 73.2 Å². The molecule has 5 aromatic rings. The van der Waals surface area contributed by atoms with E-state index in [1.807, 2.05) is 35.8 Å². The number of pyridine rings is 1. The van der Waals surface area contributed by atoms with E-state index in [1.54, 1.807) is 30.6 Å². The van der Waals surface area contributed by atoms with Gasteiger partial charge in [-0.25, -0.2) is 4.98 Å². The minimum atomic E-state index is -4.63. The van der Waals surface area contributed by atoms with Crippen molar-refractivity contribution in [2.45, 2.75) is 12.7 Å². The summed E-state index contributed by atoms with van der Waals surface area (Å²) in [6.45, 7) is 3.05. The number of piperazine rings is 1. The van der Waals surface area contributed by atoms with Crippen molar-refractivity contribution in [3.05, 3.63) is 94.9 Å². The largest absolute Gasteiger partial charge is 0.437 e. The minimum Gasteiger partial charge on any atom is -0.437 e. The number of carbonyl (C=O) groups is 1. The number of benzene rings is 2. The second-order valence-corrected chi connectivity index (χ2v) is 11.3. The zero-order valence-electron chi connectivity index (χ0n) is 24.5. The van der Waals surface area contributed by atoms with Crippen LogP contribution in [0.3, 0.4) is 0 Å². The number of ether oxygens (including phenoxy) is 1. The predicted octanol–water partition coefficient (Wildman–Crippen LogP) is 6.49. The topological polar surface area (TPSA) is 88.4 Å². The number of nitrogens with one attached hydrogen (secondary N) is 1. The average Bonchev–Trinajstić information content (AvgIpc) is 3.40. The van der Waals surface area contributed by atoms with Gasteiger partial charge in [0.2, 0.25) is 5.88 Å². The van der Waals surface area contributed by atoms with Gasteiger partial charge in [-0.15, -0.1) is 0 Å². The maximum atomic E-state index is 14.1. The number of alkyl halides is 3. The predicted molar refractivity (Wildman–Crippen MR) is 165 cm³/mol. The number of aromatic nitrogens is 4. The normalized spacial score (nSPS) is 14.5. The first-order valence-corrected chi connectivity index (χ1v) is 14.6. The van der Waals surface area contributed by atoms with Crippen LogP contribution in [0.5, 0.6) is 11.6 Å². The molecule has 1 fully saturated rings. The molecule has 13 heteroatoms. The van der Waals surface area contributed by atoms with E-state index in [1.165, 1.54) is 24.3 Å². The maximum Gasteiger partial charge on any atom is 0.416 e. The highest BCUT2D eigenvalue weighted by atomic mass is 35.5. The number of amides is 1. The van der Waals surface area contributed by atoms with Gasteiger partial charge < -0.3 is 19.5 Å². The Morgan fingerprint density at radius 3 is 2.47 bits per heavy atom. The van der Waals surface area contributed by atoms with Crippen molar-refractivity contribution in [3.63, 3.8) is 0 Å². The van der Waals surface area contributed by atoms with Crippen LogP contribution in [-0.4, -0.2) is 68.5 Å². The van der Waals surface area contributed by atoms with Crippen LogP contribution >= 0.6 is 11.6 Å². The summed E-state index contributed by atoms with van der Waals surface area (Å²) in [5.41, 5.74) is 1.36. The quantitative estimate of drug-likeness (QED) is 0.219. The molecule has 0 unspecified atom stereocenters. The number of carbonyl (C=O) groups excluding carboxylic acids is 1. The van der Waals surface area contributed by atoms with Gasteiger partial charge >= 0.3 is 6.18 Å². The standard InChI is InChI=1S/C32H29ClF3N7O2/c1-41-13-15-43(16-14-41)19-22-4-3-21(17-24(22)32(34,35)36)30(44)39-27-18-23(5-6-25(27)33)45-31-28-26(9-12-42(28)2)38-29(40-31)20-7-10-37-11-8-20/h3-12,17-18H,13-16,19H2,1-2H3,(H,39,44). The smallest absolute Gasteiger partial charge is 0.416 e. The summed E-state index contributed by atoms with van der Waals surface area (Å²) in [4.78, 5) is 30.6. The molecule has 0 aliphatic carbocycles. The molecule has 0 spiro atoms. The number of anilines is 1. The number of rotatable bonds is 7. The van der Waals surface area contributed by atoms with Crippen LogP contribution in [0.1, 0.15) is 21.5 Å². The van der Waals surface area contributed by atoms with E-state index in [4.69, 9.17) is 16.3 Å². The molecule has 45 heavy (non-hydrogen) atoms. The molecule has 6 rings (SSSR count). The second-order valence-electron chi connectivity index (χ2n) is 10.9. The van der Waals surface area contributed by atoms with Crippen molar-refractivity contribution >= 4 is 34.2 Å². The molecule has 1 amide bonds. The Hall–Kier alpha value is -4.52. The molecule has 1 aliphatic rings. The Balaban J connectivity index is 1.25. The summed E-state index contributed by atoms with van der Waals surface area (Å²) in [7, 11) is 3.82. The molecule has 4 heterocycles. The number of aryl methyl sites for hydroxylation is 1. The molecule has 1 saturated heterocycles. The lowest BCUT2D eigenvalue weighted by molar-refractivity contribution is -0.138. The van der Waals surface area contributed by atoms with Crippen molar-refractivity contribution < 1.29 is 22.7 Å². The van der Waals surface area contributed by atoms with Gasteiger partial charge in [-0.3, -0.25) is 14.7 Å². The minimum absolute atomic E-state index is 0.125. The summed E-state index contributed by atoms with van der Waals surface area (Å²) in [5, 5.41) is 2.82. The molecule has 1 aliphatic heterocycles. The maximum absolute atomic E-state index is 14.1. The lowest BCUT2D eigenvalue weighted by atomic mass is 10.0. The molecule has 2 aromatic carbocycles. The highest BCUT2D eigenvalue weighted by molar-refractivity contribution is 6.34. The van der Waals surface area contributed by atoms with Gasteiger partial charge in [0.25, 0.3) is 5.91 Å². The Morgan fingerprint density at radius 1 is 0.978 bits per heavy atom. The average molecular weight is 636 g/mol. The van der Waals surface area contributed by atoms with Gasteiger partial charge in [0, 0.05) is 75.6 Å². The fraction of sp³-hybridized carbons (Fsp3) is 0.250. The summed E-state index contributed by atoms with van der Waals surface area (Å²) >= 11 is 6.39. The van der Waals surface area contributed by atoms with Crippen molar-refractivity contribution in [2.24, 2.45) is 7.05 Å². The van der Waals surface area contributed by atoms with Crippen LogP contribution in [0.25, 0.3) is 22.4 Å². The first kappa shape index (κ1) is 30.5. The fourth-order valence-electron chi connectivity index (χ4n) is 5.19. The Morgan fingerprint density at radius 2 is 1.73 bits per heavy atom. The SMILES string of the molecule is CN1CCN(Cc2ccc(C(=O)Nc3cc(Oc4nc(-c5ccncc5)nc5ccn(C)c45)ccc3Cl)cc2C(F)(F)F)CC1. The Labute approximate surface area is 262 Å². The monoisotopic (exact) mass is 635 g/mol. The lowest BCUT2D eigenvalue weighted by Crippen LogP contribution is -2.44. The molecule has 3 aromatic heterocycles. The molecular formula is C32H29ClF3N7O2. The number of hydrogen-bond acceptors (Lipinski definition) is 7. The van der Waals surface area contributed by atoms with E-state index >= 15 is 0 Å². The summed E-state index contributed by atoms with van der Waals surface area (Å²) in [6.07, 6.45) is 0.489. The first-order valence-electron chi connectivity index (χ1n) is 14.2. The molecule has 0 atom stereocenters. The van der Waals surface area contributed by atoms with Crippen molar-refractivity contribution in [1.82, 2.24) is 29.3 Å². The van der Waals surface area contributed by atoms with Gasteiger partial charge in [0.05, 0.1) is 21.8 Å². The molecule has 0 saturated carbocycles. The van der Waals surface area contributed by atoms with Gasteiger partial charge in [-0.1, -0.05) is 17.7 Å². The van der Waals surface area contributed by atoms with Crippen LogP contribution in [-0.2, 0) is 19.8 Å². The van der Waals surface area contributed by atoms with Gasteiger partial charge in [-0.05, 0) is 55.1 Å². The Kier molecular flexibility index (Phi) is 8.45.